The molecule has 0 aliphatic carbocycles. The van der Waals surface area contributed by atoms with Crippen LogP contribution in [0.2, 0.25) is 0 Å². The lowest BCUT2D eigenvalue weighted by Crippen LogP contribution is -2.31. The fraction of sp³-hybridized carbons (Fsp3) is 0.217. The van der Waals surface area contributed by atoms with E-state index in [0.717, 1.165) is 15.8 Å². The number of nitrogens with one attached hydrogen (secondary N) is 2. The Morgan fingerprint density at radius 3 is 2.41 bits per heavy atom. The summed E-state index contributed by atoms with van der Waals surface area (Å²) < 4.78 is 11.3. The third-order valence-corrected chi connectivity index (χ3v) is 4.84. The quantitative estimate of drug-likeness (QED) is 0.589. The molecule has 9 nitrogen and oxygen atoms in total. The van der Waals surface area contributed by atoms with Crippen molar-refractivity contribution < 1.29 is 19.1 Å². The highest BCUT2D eigenvalue weighted by Crippen LogP contribution is 2.28. The zero-order valence-corrected chi connectivity index (χ0v) is 18.3. The van der Waals surface area contributed by atoms with Crippen LogP contribution in [-0.2, 0) is 11.3 Å². The molecule has 0 radical (unpaired) electrons. The number of methoxy groups -OCH3 is 2. The molecule has 3 rings (SSSR count). The number of hydrogen-bond acceptors (Lipinski definition) is 6. The Labute approximate surface area is 185 Å². The maximum Gasteiger partial charge on any atom is 0.276 e. The van der Waals surface area contributed by atoms with Gasteiger partial charge in [0.1, 0.15) is 23.7 Å². The molecule has 32 heavy (non-hydrogen) atoms. The lowest BCUT2D eigenvalue weighted by atomic mass is 10.1. The van der Waals surface area contributed by atoms with E-state index in [4.69, 9.17) is 9.47 Å². The first kappa shape index (κ1) is 22.5. The van der Waals surface area contributed by atoms with Gasteiger partial charge in [-0.3, -0.25) is 14.4 Å². The molecule has 0 saturated heterocycles. The number of hydrogen-bond donors (Lipinski definition) is 2. The number of amides is 2. The van der Waals surface area contributed by atoms with Crippen molar-refractivity contribution in [3.63, 3.8) is 0 Å². The minimum atomic E-state index is -0.510. The zero-order valence-electron chi connectivity index (χ0n) is 18.3. The molecular weight excluding hydrogens is 412 g/mol. The molecule has 166 valence electrons. The molecule has 2 amide bonds. The van der Waals surface area contributed by atoms with Crippen molar-refractivity contribution >= 4 is 23.2 Å². The molecule has 0 aliphatic rings. The van der Waals surface area contributed by atoms with Crippen LogP contribution in [0.4, 0.5) is 11.4 Å². The van der Waals surface area contributed by atoms with E-state index >= 15 is 0 Å². The first-order valence-corrected chi connectivity index (χ1v) is 9.79. The van der Waals surface area contributed by atoms with Gasteiger partial charge in [0, 0.05) is 17.8 Å². The molecule has 0 fully saturated rings. The molecule has 3 aromatic rings. The van der Waals surface area contributed by atoms with Crippen molar-refractivity contribution in [1.82, 2.24) is 9.78 Å². The molecule has 0 spiro atoms. The molecule has 0 aliphatic heterocycles. The molecule has 1 heterocycles. The van der Waals surface area contributed by atoms with Gasteiger partial charge < -0.3 is 20.1 Å². The Balaban J connectivity index is 1.74. The van der Waals surface area contributed by atoms with Gasteiger partial charge in [0.25, 0.3) is 11.5 Å². The van der Waals surface area contributed by atoms with Crippen LogP contribution in [0.15, 0.2) is 53.3 Å². The molecule has 9 heteroatoms. The minimum Gasteiger partial charge on any atom is -0.497 e. The van der Waals surface area contributed by atoms with Crippen LogP contribution in [0.25, 0.3) is 0 Å². The zero-order chi connectivity index (χ0) is 23.3. The van der Waals surface area contributed by atoms with Crippen molar-refractivity contribution in [2.45, 2.75) is 20.4 Å². The van der Waals surface area contributed by atoms with Crippen molar-refractivity contribution in [2.75, 3.05) is 24.9 Å². The Bertz CT molecular complexity index is 1220. The van der Waals surface area contributed by atoms with Crippen LogP contribution < -0.4 is 25.7 Å². The van der Waals surface area contributed by atoms with Gasteiger partial charge in [-0.15, -0.1) is 0 Å². The number of anilines is 2. The Kier molecular flexibility index (Phi) is 6.89. The maximum atomic E-state index is 12.6. The second-order valence-electron chi connectivity index (χ2n) is 7.08. The summed E-state index contributed by atoms with van der Waals surface area (Å²) in [4.78, 5) is 37.3. The minimum absolute atomic E-state index is 0.0117. The number of nitrogens with zero attached hydrogens (tertiary/aromatic N) is 2. The van der Waals surface area contributed by atoms with Gasteiger partial charge in [0.15, 0.2) is 0 Å². The highest BCUT2D eigenvalue weighted by atomic mass is 16.5. The van der Waals surface area contributed by atoms with Crippen molar-refractivity contribution in [2.24, 2.45) is 0 Å². The molecule has 0 atom stereocenters. The predicted molar refractivity (Wildman–Crippen MR) is 121 cm³/mol. The van der Waals surface area contributed by atoms with Gasteiger partial charge in [-0.2, -0.15) is 5.10 Å². The average Bonchev–Trinajstić information content (AvgIpc) is 2.78. The summed E-state index contributed by atoms with van der Waals surface area (Å²) >= 11 is 0. The fourth-order valence-corrected chi connectivity index (χ4v) is 2.93. The highest BCUT2D eigenvalue weighted by molar-refractivity contribution is 6.02. The van der Waals surface area contributed by atoms with Gasteiger partial charge in [-0.25, -0.2) is 4.68 Å². The van der Waals surface area contributed by atoms with Gasteiger partial charge in [-0.05, 0) is 55.3 Å². The predicted octanol–water partition coefficient (Wildman–Crippen LogP) is 2.77. The number of aryl methyl sites for hydroxylation is 2. The third-order valence-electron chi connectivity index (χ3n) is 4.84. The van der Waals surface area contributed by atoms with Crippen molar-refractivity contribution in [3.8, 4) is 11.5 Å². The van der Waals surface area contributed by atoms with E-state index in [0.29, 0.717) is 22.9 Å². The highest BCUT2D eigenvalue weighted by Gasteiger charge is 2.14. The monoisotopic (exact) mass is 436 g/mol. The molecule has 0 saturated carbocycles. The molecule has 1 aromatic heterocycles. The number of carbonyl (C=O) groups excluding carboxylic acids is 2. The van der Waals surface area contributed by atoms with Crippen LogP contribution in [0.1, 0.15) is 21.6 Å². The first-order chi connectivity index (χ1) is 15.3. The molecule has 2 N–H and O–H groups in total. The van der Waals surface area contributed by atoms with E-state index in [-0.39, 0.29) is 12.2 Å². The van der Waals surface area contributed by atoms with Gasteiger partial charge >= 0.3 is 0 Å². The van der Waals surface area contributed by atoms with E-state index in [1.165, 1.54) is 26.4 Å². The Morgan fingerprint density at radius 1 is 0.938 bits per heavy atom. The summed E-state index contributed by atoms with van der Waals surface area (Å²) in [6.45, 7) is 3.55. The van der Waals surface area contributed by atoms with Crippen LogP contribution in [0.3, 0.4) is 0 Å². The van der Waals surface area contributed by atoms with Gasteiger partial charge in [-0.1, -0.05) is 6.07 Å². The lowest BCUT2D eigenvalue weighted by molar-refractivity contribution is -0.117. The van der Waals surface area contributed by atoms with E-state index in [2.05, 4.69) is 15.7 Å². The van der Waals surface area contributed by atoms with Crippen LogP contribution in [0, 0.1) is 13.8 Å². The molecule has 0 unspecified atom stereocenters. The average molecular weight is 436 g/mol. The first-order valence-electron chi connectivity index (χ1n) is 9.79. The molecule has 0 bridgehead atoms. The SMILES string of the molecule is COc1ccc(NC(=O)Cn2nc(C(=O)Nc3ccc(C)c(C)c3)ccc2=O)c(OC)c1. The lowest BCUT2D eigenvalue weighted by Gasteiger charge is -2.12. The van der Waals surface area contributed by atoms with E-state index < -0.39 is 17.4 Å². The number of benzene rings is 2. The normalized spacial score (nSPS) is 10.4. The molecular formula is C23H24N4O5. The van der Waals surface area contributed by atoms with E-state index in [1.807, 2.05) is 26.0 Å². The summed E-state index contributed by atoms with van der Waals surface area (Å²) in [5.41, 5.74) is 2.67. The summed E-state index contributed by atoms with van der Waals surface area (Å²) in [6.07, 6.45) is 0. The molecule has 2 aromatic carbocycles. The summed E-state index contributed by atoms with van der Waals surface area (Å²) in [5, 5.41) is 9.45. The van der Waals surface area contributed by atoms with E-state index in [9.17, 15) is 14.4 Å². The largest absolute Gasteiger partial charge is 0.497 e. The smallest absolute Gasteiger partial charge is 0.276 e. The summed E-state index contributed by atoms with van der Waals surface area (Å²) in [6, 6.07) is 13.0. The summed E-state index contributed by atoms with van der Waals surface area (Å²) in [7, 11) is 2.99. The standard InChI is InChI=1S/C23H24N4O5/c1-14-5-6-16(11-15(14)2)24-23(30)19-9-10-22(29)27(26-19)13-21(28)25-18-8-7-17(31-3)12-20(18)32-4/h5-12H,13H2,1-4H3,(H,24,30)(H,25,28). The Hall–Kier alpha value is -4.14. The third kappa shape index (κ3) is 5.31. The van der Waals surface area contributed by atoms with Crippen LogP contribution in [-0.4, -0.2) is 35.8 Å². The topological polar surface area (TPSA) is 112 Å². The van der Waals surface area contributed by atoms with Crippen LogP contribution in [0.5, 0.6) is 11.5 Å². The van der Waals surface area contributed by atoms with Gasteiger partial charge in [0.05, 0.1) is 19.9 Å². The second kappa shape index (κ2) is 9.78. The van der Waals surface area contributed by atoms with E-state index in [1.54, 1.807) is 24.3 Å². The van der Waals surface area contributed by atoms with Crippen LogP contribution >= 0.6 is 0 Å². The number of ether oxygens (including phenoxy) is 2. The maximum absolute atomic E-state index is 12.6. The number of carbonyl (C=O) groups is 2. The Morgan fingerprint density at radius 2 is 1.72 bits per heavy atom. The van der Waals surface area contributed by atoms with Crippen molar-refractivity contribution in [1.29, 1.82) is 0 Å². The second-order valence-corrected chi connectivity index (χ2v) is 7.08. The van der Waals surface area contributed by atoms with Gasteiger partial charge in [0.2, 0.25) is 5.91 Å². The fourth-order valence-electron chi connectivity index (χ4n) is 2.93. The number of aromatic nitrogens is 2. The van der Waals surface area contributed by atoms with Crippen molar-refractivity contribution in [3.05, 3.63) is 75.7 Å². The number of rotatable bonds is 7. The summed E-state index contributed by atoms with van der Waals surface area (Å²) in [5.74, 6) is -0.0197.